The predicted octanol–water partition coefficient (Wildman–Crippen LogP) is 4.63. The zero-order valence-corrected chi connectivity index (χ0v) is 20.6. The summed E-state index contributed by atoms with van der Waals surface area (Å²) in [5, 5.41) is 3.42. The Morgan fingerprint density at radius 1 is 1.24 bits per heavy atom. The standard InChI is InChI=1S/C26H31N5O2S/c1-29-23-20(11-18(13-22(23)33-2)25(32)30-9-4-7-19(27)15-30)28-24(29)21-12-17-8-10-34-26(17)31(21)14-16-5-3-6-16/h8,10-13,16,19H,3-7,9,14-15,27H2,1-2H3. The first kappa shape index (κ1) is 21.7. The average Bonchev–Trinajstić information content (AvgIpc) is 3.48. The van der Waals surface area contributed by atoms with Crippen LogP contribution >= 0.6 is 11.3 Å². The molecule has 4 aromatic rings. The third-order valence-corrected chi connectivity index (χ3v) is 8.49. The number of thiophene rings is 1. The number of methoxy groups -OCH3 is 1. The molecule has 1 saturated heterocycles. The molecule has 2 fully saturated rings. The van der Waals surface area contributed by atoms with Crippen LogP contribution in [0.5, 0.6) is 5.75 Å². The molecule has 8 heteroatoms. The minimum atomic E-state index is -0.00331. The number of hydrogen-bond donors (Lipinski definition) is 1. The maximum absolute atomic E-state index is 13.3. The first-order chi connectivity index (χ1) is 16.5. The Hall–Kier alpha value is -2.84. The topological polar surface area (TPSA) is 78.3 Å². The van der Waals surface area contributed by atoms with E-state index in [2.05, 4.69) is 26.6 Å². The third kappa shape index (κ3) is 3.51. The number of fused-ring (bicyclic) bond motifs is 2. The van der Waals surface area contributed by atoms with Gasteiger partial charge >= 0.3 is 0 Å². The normalized spacial score (nSPS) is 19.1. The molecule has 34 heavy (non-hydrogen) atoms. The molecular weight excluding hydrogens is 446 g/mol. The van der Waals surface area contributed by atoms with Crippen LogP contribution in [0.3, 0.4) is 0 Å². The van der Waals surface area contributed by atoms with E-state index in [0.29, 0.717) is 17.9 Å². The van der Waals surface area contributed by atoms with Crippen molar-refractivity contribution in [3.63, 3.8) is 0 Å². The summed E-state index contributed by atoms with van der Waals surface area (Å²) in [7, 11) is 3.69. The first-order valence-corrected chi connectivity index (χ1v) is 13.1. The van der Waals surface area contributed by atoms with Crippen molar-refractivity contribution in [3.8, 4) is 17.3 Å². The van der Waals surface area contributed by atoms with Crippen LogP contribution in [-0.2, 0) is 13.6 Å². The molecule has 1 atom stereocenters. The minimum Gasteiger partial charge on any atom is -0.494 e. The van der Waals surface area contributed by atoms with Gasteiger partial charge in [0.25, 0.3) is 5.91 Å². The van der Waals surface area contributed by atoms with Crippen LogP contribution in [0, 0.1) is 5.92 Å². The van der Waals surface area contributed by atoms with E-state index in [-0.39, 0.29) is 11.9 Å². The minimum absolute atomic E-state index is 0.00331. The zero-order chi connectivity index (χ0) is 23.4. The van der Waals surface area contributed by atoms with E-state index in [0.717, 1.165) is 54.4 Å². The summed E-state index contributed by atoms with van der Waals surface area (Å²) in [6.07, 6.45) is 5.83. The second-order valence-electron chi connectivity index (χ2n) is 9.81. The van der Waals surface area contributed by atoms with Gasteiger partial charge in [0.2, 0.25) is 0 Å². The van der Waals surface area contributed by atoms with Gasteiger partial charge in [0.1, 0.15) is 16.1 Å². The van der Waals surface area contributed by atoms with Crippen LogP contribution in [0.15, 0.2) is 29.6 Å². The van der Waals surface area contributed by atoms with E-state index in [1.165, 1.54) is 29.5 Å². The number of nitrogens with zero attached hydrogens (tertiary/aromatic N) is 4. The molecule has 0 spiro atoms. The smallest absolute Gasteiger partial charge is 0.254 e. The molecular formula is C26H31N5O2S. The van der Waals surface area contributed by atoms with Crippen molar-refractivity contribution in [2.24, 2.45) is 18.7 Å². The molecule has 1 saturated carbocycles. The van der Waals surface area contributed by atoms with Crippen molar-refractivity contribution < 1.29 is 9.53 Å². The number of benzene rings is 1. The van der Waals surface area contributed by atoms with Gasteiger partial charge in [-0.05, 0) is 61.2 Å². The van der Waals surface area contributed by atoms with Crippen molar-refractivity contribution in [1.29, 1.82) is 0 Å². The lowest BCUT2D eigenvalue weighted by Crippen LogP contribution is -2.45. The molecule has 178 valence electrons. The Morgan fingerprint density at radius 2 is 2.09 bits per heavy atom. The number of amides is 1. The summed E-state index contributed by atoms with van der Waals surface area (Å²) in [5.74, 6) is 2.31. The number of carbonyl (C=O) groups is 1. The van der Waals surface area contributed by atoms with Gasteiger partial charge in [-0.1, -0.05) is 6.42 Å². The highest BCUT2D eigenvalue weighted by Crippen LogP contribution is 2.38. The quantitative estimate of drug-likeness (QED) is 0.455. The lowest BCUT2D eigenvalue weighted by atomic mass is 9.85. The number of carbonyl (C=O) groups excluding carboxylic acids is 1. The predicted molar refractivity (Wildman–Crippen MR) is 137 cm³/mol. The molecule has 0 radical (unpaired) electrons. The molecule has 4 heterocycles. The van der Waals surface area contributed by atoms with Gasteiger partial charge in [0.05, 0.1) is 18.3 Å². The fourth-order valence-electron chi connectivity index (χ4n) is 5.47. The van der Waals surface area contributed by atoms with Crippen molar-refractivity contribution >= 4 is 38.5 Å². The van der Waals surface area contributed by atoms with Gasteiger partial charge < -0.3 is 24.5 Å². The maximum atomic E-state index is 13.3. The molecule has 1 aliphatic carbocycles. The lowest BCUT2D eigenvalue weighted by molar-refractivity contribution is 0.0708. The average molecular weight is 478 g/mol. The fourth-order valence-corrected chi connectivity index (χ4v) is 6.38. The van der Waals surface area contributed by atoms with E-state index < -0.39 is 0 Å². The number of hydrogen-bond acceptors (Lipinski definition) is 5. The molecule has 6 rings (SSSR count). The number of aryl methyl sites for hydroxylation is 1. The van der Waals surface area contributed by atoms with E-state index >= 15 is 0 Å². The van der Waals surface area contributed by atoms with Crippen molar-refractivity contribution in [1.82, 2.24) is 19.0 Å². The Bertz CT molecular complexity index is 1380. The number of ether oxygens (including phenoxy) is 1. The van der Waals surface area contributed by atoms with Gasteiger partial charge in [-0.25, -0.2) is 4.98 Å². The summed E-state index contributed by atoms with van der Waals surface area (Å²) in [6, 6.07) is 8.24. The van der Waals surface area contributed by atoms with Crippen LogP contribution in [0.2, 0.25) is 0 Å². The summed E-state index contributed by atoms with van der Waals surface area (Å²) in [5.41, 5.74) is 9.55. The first-order valence-electron chi connectivity index (χ1n) is 12.2. The van der Waals surface area contributed by atoms with Gasteiger partial charge in [-0.2, -0.15) is 0 Å². The Kier molecular flexibility index (Phi) is 5.37. The Morgan fingerprint density at radius 3 is 2.82 bits per heavy atom. The number of imidazole rings is 1. The largest absolute Gasteiger partial charge is 0.494 e. The van der Waals surface area contributed by atoms with Crippen molar-refractivity contribution in [3.05, 3.63) is 35.2 Å². The SMILES string of the molecule is COc1cc(C(=O)N2CCCC(N)C2)cc2nc(-c3cc4ccsc4n3CC3CCC3)n(C)c12. The molecule has 7 nitrogen and oxygen atoms in total. The van der Waals surface area contributed by atoms with Gasteiger partial charge in [0, 0.05) is 43.7 Å². The lowest BCUT2D eigenvalue weighted by Gasteiger charge is -2.30. The summed E-state index contributed by atoms with van der Waals surface area (Å²) < 4.78 is 10.3. The Balaban J connectivity index is 1.45. The van der Waals surface area contributed by atoms with E-state index in [9.17, 15) is 4.79 Å². The van der Waals surface area contributed by atoms with Crippen LogP contribution < -0.4 is 10.5 Å². The van der Waals surface area contributed by atoms with Crippen molar-refractivity contribution in [2.45, 2.75) is 44.7 Å². The zero-order valence-electron chi connectivity index (χ0n) is 19.8. The molecule has 1 unspecified atom stereocenters. The number of rotatable bonds is 5. The number of aromatic nitrogens is 3. The number of nitrogens with two attached hydrogens (primary N) is 1. The molecule has 1 amide bonds. The van der Waals surface area contributed by atoms with Crippen molar-refractivity contribution in [2.75, 3.05) is 20.2 Å². The second kappa shape index (κ2) is 8.43. The highest BCUT2D eigenvalue weighted by atomic mass is 32.1. The number of piperidine rings is 1. The molecule has 1 aliphatic heterocycles. The third-order valence-electron chi connectivity index (χ3n) is 7.54. The summed E-state index contributed by atoms with van der Waals surface area (Å²) in [4.78, 5) is 21.5. The van der Waals surface area contributed by atoms with Crippen LogP contribution in [0.25, 0.3) is 32.8 Å². The number of likely N-dealkylation sites (tertiary alicyclic amines) is 1. The molecule has 2 N–H and O–H groups in total. The molecule has 1 aromatic carbocycles. The fraction of sp³-hybridized carbons (Fsp3) is 0.462. The molecule has 3 aromatic heterocycles. The van der Waals surface area contributed by atoms with Crippen LogP contribution in [0.1, 0.15) is 42.5 Å². The van der Waals surface area contributed by atoms with Gasteiger partial charge in [0.15, 0.2) is 5.82 Å². The second-order valence-corrected chi connectivity index (χ2v) is 10.7. The maximum Gasteiger partial charge on any atom is 0.254 e. The van der Waals surface area contributed by atoms with E-state index in [1.54, 1.807) is 18.4 Å². The monoisotopic (exact) mass is 477 g/mol. The summed E-state index contributed by atoms with van der Waals surface area (Å²) >= 11 is 1.79. The van der Waals surface area contributed by atoms with Crippen LogP contribution in [0.4, 0.5) is 0 Å². The van der Waals surface area contributed by atoms with E-state index in [1.807, 2.05) is 24.1 Å². The van der Waals surface area contributed by atoms with Gasteiger partial charge in [-0.15, -0.1) is 11.3 Å². The Labute approximate surface area is 203 Å². The molecule has 0 bridgehead atoms. The van der Waals surface area contributed by atoms with E-state index in [4.69, 9.17) is 15.5 Å². The highest BCUT2D eigenvalue weighted by molar-refractivity contribution is 7.16. The highest BCUT2D eigenvalue weighted by Gasteiger charge is 2.27. The molecule has 2 aliphatic rings. The van der Waals surface area contributed by atoms with Crippen LogP contribution in [-0.4, -0.2) is 51.2 Å². The summed E-state index contributed by atoms with van der Waals surface area (Å²) in [6.45, 7) is 2.36. The van der Waals surface area contributed by atoms with Gasteiger partial charge in [-0.3, -0.25) is 4.79 Å².